The summed E-state index contributed by atoms with van der Waals surface area (Å²) in [5.41, 5.74) is 4.27. The molecule has 4 rings (SSSR count). The number of rotatable bonds is 3. The number of nitrogens with zero attached hydrogens (tertiary/aromatic N) is 4. The first-order valence-electron chi connectivity index (χ1n) is 7.69. The standard InChI is InChI=1S/C20H14N4.2ClH.Pt/c1-3-9-15(10-4-1)18-19(16-11-5-2-6-12-16)23-24-20(22-18)17-13-7-8-14-21-17;;;/h1-14H;2*1H;/q;;;+2/p-2. The molecule has 2 aromatic heterocycles. The van der Waals surface area contributed by atoms with Crippen molar-refractivity contribution < 1.29 is 45.9 Å². The van der Waals surface area contributed by atoms with E-state index in [9.17, 15) is 0 Å². The molecule has 0 unspecified atom stereocenters. The van der Waals surface area contributed by atoms with Crippen LogP contribution in [0.3, 0.4) is 0 Å². The monoisotopic (exact) mass is 575 g/mol. The van der Waals surface area contributed by atoms with Crippen LogP contribution in [-0.4, -0.2) is 20.2 Å². The second kappa shape index (κ2) is 10.9. The van der Waals surface area contributed by atoms with Crippen molar-refractivity contribution >= 4 is 0 Å². The van der Waals surface area contributed by atoms with Gasteiger partial charge in [0.2, 0.25) is 5.82 Å². The molecule has 0 saturated heterocycles. The van der Waals surface area contributed by atoms with E-state index in [2.05, 4.69) is 15.2 Å². The van der Waals surface area contributed by atoms with E-state index < -0.39 is 0 Å². The molecule has 0 saturated carbocycles. The van der Waals surface area contributed by atoms with Crippen LogP contribution in [-0.2, 0) is 21.1 Å². The Bertz CT molecular complexity index is 955. The maximum absolute atomic E-state index is 4.75. The van der Waals surface area contributed by atoms with Crippen molar-refractivity contribution in [1.29, 1.82) is 0 Å². The molecular formula is C20H14Cl2N4Pt. The van der Waals surface area contributed by atoms with Gasteiger partial charge in [0.05, 0.1) is 0 Å². The molecule has 2 heterocycles. The molecule has 7 heteroatoms. The number of halogens is 2. The molecule has 2 aromatic carbocycles. The zero-order chi connectivity index (χ0) is 16.2. The maximum Gasteiger partial charge on any atom is 2.00 e. The van der Waals surface area contributed by atoms with Crippen LogP contribution in [0, 0.1) is 0 Å². The average molecular weight is 576 g/mol. The average Bonchev–Trinajstić information content (AvgIpc) is 2.69. The molecule has 0 aliphatic heterocycles. The molecule has 0 aliphatic carbocycles. The number of hydrogen-bond donors (Lipinski definition) is 0. The van der Waals surface area contributed by atoms with Gasteiger partial charge >= 0.3 is 21.1 Å². The number of aromatic nitrogens is 4. The quantitative estimate of drug-likeness (QED) is 0.291. The van der Waals surface area contributed by atoms with Gasteiger partial charge in [0.1, 0.15) is 17.1 Å². The molecule has 27 heavy (non-hydrogen) atoms. The normalized spacial score (nSPS) is 9.33. The van der Waals surface area contributed by atoms with E-state index in [-0.39, 0.29) is 45.9 Å². The number of pyridine rings is 1. The van der Waals surface area contributed by atoms with Crippen molar-refractivity contribution in [2.24, 2.45) is 0 Å². The minimum atomic E-state index is 0. The van der Waals surface area contributed by atoms with Gasteiger partial charge in [-0.2, -0.15) is 0 Å². The SMILES string of the molecule is [Cl-].[Cl-].[Pt+2].c1ccc(-c2nnc(-c3ccccn3)nc2-c2ccccc2)cc1. The van der Waals surface area contributed by atoms with E-state index in [0.29, 0.717) is 11.5 Å². The smallest absolute Gasteiger partial charge is 1.00 e. The van der Waals surface area contributed by atoms with Gasteiger partial charge < -0.3 is 24.8 Å². The third kappa shape index (κ3) is 5.20. The Morgan fingerprint density at radius 1 is 0.556 bits per heavy atom. The topological polar surface area (TPSA) is 51.6 Å². The van der Waals surface area contributed by atoms with Crippen molar-refractivity contribution in [3.8, 4) is 34.0 Å². The van der Waals surface area contributed by atoms with Crippen molar-refractivity contribution in [2.75, 3.05) is 0 Å². The van der Waals surface area contributed by atoms with Gasteiger partial charge in [-0.25, -0.2) is 4.98 Å². The van der Waals surface area contributed by atoms with Gasteiger partial charge in [-0.3, -0.25) is 4.98 Å². The van der Waals surface area contributed by atoms with Gasteiger partial charge in [0.15, 0.2) is 0 Å². The van der Waals surface area contributed by atoms with Gasteiger partial charge in [0, 0.05) is 17.3 Å². The van der Waals surface area contributed by atoms with E-state index in [1.165, 1.54) is 0 Å². The van der Waals surface area contributed by atoms with Gasteiger partial charge in [0.25, 0.3) is 0 Å². The first-order valence-corrected chi connectivity index (χ1v) is 7.69. The second-order valence-electron chi connectivity index (χ2n) is 5.28. The predicted octanol–water partition coefficient (Wildman–Crippen LogP) is -1.73. The predicted molar refractivity (Wildman–Crippen MR) is 93.9 cm³/mol. The Labute approximate surface area is 184 Å². The van der Waals surface area contributed by atoms with E-state index >= 15 is 0 Å². The minimum absolute atomic E-state index is 0. The molecule has 0 N–H and O–H groups in total. The first kappa shape index (κ1) is 22.9. The van der Waals surface area contributed by atoms with Crippen LogP contribution in [0.1, 0.15) is 0 Å². The Balaban J connectivity index is 0.00000121. The molecule has 0 radical (unpaired) electrons. The third-order valence-corrected chi connectivity index (χ3v) is 3.68. The van der Waals surface area contributed by atoms with E-state index in [1.807, 2.05) is 78.9 Å². The Morgan fingerprint density at radius 2 is 1.11 bits per heavy atom. The largest absolute Gasteiger partial charge is 2.00 e. The fourth-order valence-electron chi connectivity index (χ4n) is 2.52. The Kier molecular flexibility index (Phi) is 9.23. The molecule has 0 spiro atoms. The van der Waals surface area contributed by atoms with Crippen molar-refractivity contribution in [3.05, 3.63) is 85.1 Å². The Morgan fingerprint density at radius 3 is 1.67 bits per heavy atom. The first-order chi connectivity index (χ1) is 11.9. The van der Waals surface area contributed by atoms with Crippen LogP contribution in [0.5, 0.6) is 0 Å². The summed E-state index contributed by atoms with van der Waals surface area (Å²) in [6, 6.07) is 25.7. The molecule has 0 aliphatic rings. The van der Waals surface area contributed by atoms with Crippen molar-refractivity contribution in [1.82, 2.24) is 20.2 Å². The fraction of sp³-hybridized carbons (Fsp3) is 0. The van der Waals surface area contributed by atoms with E-state index in [0.717, 1.165) is 22.5 Å². The summed E-state index contributed by atoms with van der Waals surface area (Å²) in [7, 11) is 0. The van der Waals surface area contributed by atoms with Gasteiger partial charge in [-0.15, -0.1) is 10.2 Å². The molecule has 4 aromatic rings. The summed E-state index contributed by atoms with van der Waals surface area (Å²) in [6.45, 7) is 0. The van der Waals surface area contributed by atoms with Crippen molar-refractivity contribution in [2.45, 2.75) is 0 Å². The van der Waals surface area contributed by atoms with Crippen LogP contribution < -0.4 is 24.8 Å². The van der Waals surface area contributed by atoms with Crippen LogP contribution in [0.4, 0.5) is 0 Å². The Hall–Kier alpha value is -2.13. The molecule has 0 amide bonds. The van der Waals surface area contributed by atoms with Gasteiger partial charge in [-0.05, 0) is 12.1 Å². The fourth-order valence-corrected chi connectivity index (χ4v) is 2.52. The van der Waals surface area contributed by atoms with E-state index in [1.54, 1.807) is 6.20 Å². The summed E-state index contributed by atoms with van der Waals surface area (Å²) in [5, 5.41) is 8.74. The van der Waals surface area contributed by atoms with Gasteiger partial charge in [-0.1, -0.05) is 66.7 Å². The summed E-state index contributed by atoms with van der Waals surface area (Å²) in [4.78, 5) is 9.07. The summed E-state index contributed by atoms with van der Waals surface area (Å²) < 4.78 is 0. The maximum atomic E-state index is 4.75. The molecule has 0 bridgehead atoms. The molecule has 0 fully saturated rings. The second-order valence-corrected chi connectivity index (χ2v) is 5.28. The summed E-state index contributed by atoms with van der Waals surface area (Å²) in [5.74, 6) is 0.522. The minimum Gasteiger partial charge on any atom is -1.00 e. The summed E-state index contributed by atoms with van der Waals surface area (Å²) in [6.07, 6.45) is 1.73. The zero-order valence-electron chi connectivity index (χ0n) is 13.9. The molecule has 0 atom stereocenters. The number of hydrogen-bond acceptors (Lipinski definition) is 4. The number of benzene rings is 2. The van der Waals surface area contributed by atoms with Crippen LogP contribution >= 0.6 is 0 Å². The van der Waals surface area contributed by atoms with Crippen LogP contribution in [0.2, 0.25) is 0 Å². The third-order valence-electron chi connectivity index (χ3n) is 3.68. The van der Waals surface area contributed by atoms with Crippen LogP contribution in [0.15, 0.2) is 85.1 Å². The van der Waals surface area contributed by atoms with Crippen molar-refractivity contribution in [3.63, 3.8) is 0 Å². The zero-order valence-corrected chi connectivity index (χ0v) is 17.7. The molecule has 4 nitrogen and oxygen atoms in total. The molecule has 138 valence electrons. The summed E-state index contributed by atoms with van der Waals surface area (Å²) >= 11 is 0. The molecular weight excluding hydrogens is 562 g/mol. The van der Waals surface area contributed by atoms with Crippen LogP contribution in [0.25, 0.3) is 34.0 Å². The van der Waals surface area contributed by atoms with E-state index in [4.69, 9.17) is 4.98 Å².